The second-order valence-corrected chi connectivity index (χ2v) is 10.2. The molecule has 0 radical (unpaired) electrons. The lowest BCUT2D eigenvalue weighted by Gasteiger charge is -2.34. The van der Waals surface area contributed by atoms with Crippen LogP contribution in [0.25, 0.3) is 11.2 Å². The van der Waals surface area contributed by atoms with Crippen molar-refractivity contribution < 1.29 is 27.9 Å². The molecule has 43 heavy (non-hydrogen) atoms. The van der Waals surface area contributed by atoms with Crippen LogP contribution in [-0.2, 0) is 14.3 Å². The minimum Gasteiger partial charge on any atom is -0.468 e. The molecule has 1 aromatic carbocycles. The van der Waals surface area contributed by atoms with Crippen molar-refractivity contribution in [1.29, 1.82) is 0 Å². The van der Waals surface area contributed by atoms with Gasteiger partial charge in [-0.25, -0.2) is 23.4 Å². The first kappa shape index (κ1) is 33.4. The Morgan fingerprint density at radius 1 is 1.07 bits per heavy atom. The molecule has 2 fully saturated rings. The van der Waals surface area contributed by atoms with E-state index in [0.29, 0.717) is 57.5 Å². The van der Waals surface area contributed by atoms with Crippen LogP contribution >= 0.6 is 0 Å². The lowest BCUT2D eigenvalue weighted by atomic mass is 9.93. The van der Waals surface area contributed by atoms with Crippen molar-refractivity contribution in [3.63, 3.8) is 0 Å². The van der Waals surface area contributed by atoms with E-state index in [0.717, 1.165) is 11.6 Å². The van der Waals surface area contributed by atoms with Crippen LogP contribution in [0.3, 0.4) is 0 Å². The topological polar surface area (TPSA) is 130 Å². The van der Waals surface area contributed by atoms with Crippen molar-refractivity contribution in [2.75, 3.05) is 39.8 Å². The highest BCUT2D eigenvalue weighted by Gasteiger charge is 2.31. The fourth-order valence-corrected chi connectivity index (χ4v) is 5.78. The summed E-state index contributed by atoms with van der Waals surface area (Å²) in [7, 11) is 1.30. The molecule has 2 atom stereocenters. The third-order valence-corrected chi connectivity index (χ3v) is 7.76. The number of carbonyl (C=O) groups excluding carboxylic acids is 3. The van der Waals surface area contributed by atoms with Gasteiger partial charge in [0.05, 0.1) is 19.2 Å². The highest BCUT2D eigenvalue weighted by molar-refractivity contribution is 5.75. The number of nitrogens with zero attached hydrogens (tertiary/aromatic N) is 4. The first-order chi connectivity index (χ1) is 20.8. The van der Waals surface area contributed by atoms with E-state index in [1.54, 1.807) is 27.8 Å². The summed E-state index contributed by atoms with van der Waals surface area (Å²) in [6.45, 7) is 7.65. The first-order valence-corrected chi connectivity index (χ1v) is 14.5. The fourth-order valence-electron chi connectivity index (χ4n) is 5.78. The number of halogens is 2. The zero-order chi connectivity index (χ0) is 31.5. The molecule has 4 heterocycles. The van der Waals surface area contributed by atoms with Gasteiger partial charge in [0.25, 0.3) is 0 Å². The highest BCUT2D eigenvalue weighted by atomic mass is 19.2. The zero-order valence-corrected chi connectivity index (χ0v) is 24.9. The average molecular weight is 603 g/mol. The average Bonchev–Trinajstić information content (AvgIpc) is 3.25. The molecule has 11 nitrogen and oxygen atoms in total. The number of methoxy groups -OCH3 is 1. The van der Waals surface area contributed by atoms with E-state index in [4.69, 9.17) is 9.53 Å². The summed E-state index contributed by atoms with van der Waals surface area (Å²) in [4.78, 5) is 56.3. The molecule has 3 aromatic rings. The van der Waals surface area contributed by atoms with Gasteiger partial charge in [-0.1, -0.05) is 26.0 Å². The number of fused-ring (bicyclic) bond motifs is 1. The maximum Gasteiger partial charge on any atom is 0.327 e. The van der Waals surface area contributed by atoms with Crippen molar-refractivity contribution in [2.45, 2.75) is 57.5 Å². The predicted molar refractivity (Wildman–Crippen MR) is 158 cm³/mol. The van der Waals surface area contributed by atoms with Crippen molar-refractivity contribution >= 4 is 30.0 Å². The number of aromatic nitrogens is 3. The molecule has 2 aliphatic heterocycles. The number of hydrogen-bond acceptors (Lipinski definition) is 7. The van der Waals surface area contributed by atoms with Gasteiger partial charge in [0.1, 0.15) is 6.79 Å². The zero-order valence-electron chi connectivity index (χ0n) is 24.9. The van der Waals surface area contributed by atoms with Crippen molar-refractivity contribution in [2.24, 2.45) is 0 Å². The Morgan fingerprint density at radius 2 is 1.79 bits per heavy atom. The number of piperidine rings is 1. The van der Waals surface area contributed by atoms with Crippen LogP contribution in [0.4, 0.5) is 13.6 Å². The minimum absolute atomic E-state index is 0.0179. The second kappa shape index (κ2) is 15.9. The van der Waals surface area contributed by atoms with Crippen LogP contribution in [0.5, 0.6) is 0 Å². The van der Waals surface area contributed by atoms with E-state index in [9.17, 15) is 23.2 Å². The molecule has 0 aliphatic carbocycles. The van der Waals surface area contributed by atoms with Crippen molar-refractivity contribution in [3.05, 3.63) is 64.2 Å². The molecule has 5 rings (SSSR count). The van der Waals surface area contributed by atoms with Crippen LogP contribution in [0.1, 0.15) is 57.1 Å². The molecule has 0 saturated carbocycles. The molecule has 2 unspecified atom stereocenters. The van der Waals surface area contributed by atoms with Gasteiger partial charge in [-0.05, 0) is 55.4 Å². The molecular formula is C30H40F2N6O5. The number of ether oxygens (including phenoxy) is 1. The summed E-state index contributed by atoms with van der Waals surface area (Å²) in [5, 5.41) is 3.08. The van der Waals surface area contributed by atoms with Gasteiger partial charge in [-0.15, -0.1) is 0 Å². The van der Waals surface area contributed by atoms with Gasteiger partial charge in [0.2, 0.25) is 0 Å². The number of aromatic amines is 1. The Bertz CT molecular complexity index is 1420. The first-order valence-electron chi connectivity index (χ1n) is 14.5. The molecule has 2 aliphatic rings. The summed E-state index contributed by atoms with van der Waals surface area (Å²) in [6.07, 6.45) is 3.93. The van der Waals surface area contributed by atoms with Crippen LogP contribution in [0.15, 0.2) is 41.3 Å². The van der Waals surface area contributed by atoms with Crippen LogP contribution in [0, 0.1) is 11.6 Å². The Morgan fingerprint density at radius 3 is 2.49 bits per heavy atom. The smallest absolute Gasteiger partial charge is 0.327 e. The summed E-state index contributed by atoms with van der Waals surface area (Å²) in [5.74, 6) is -2.57. The molecule has 2 aromatic heterocycles. The van der Waals surface area contributed by atoms with Gasteiger partial charge >= 0.3 is 17.7 Å². The number of nitrogens with one attached hydrogen (secondary N) is 2. The Balaban J connectivity index is 0.00000121. The third kappa shape index (κ3) is 8.04. The van der Waals surface area contributed by atoms with E-state index in [1.165, 1.54) is 13.2 Å². The standard InChI is InChI=1S/C27H32F2N6O4.C2H6.CH2O/c1-39-23(36)16-33-14-17(20-4-2-5-21(28)24(20)29)7-8-18(15-33)31-26(37)34-12-9-19(10-13-34)35-22-6-3-11-30-25(22)32-27(35)38;2*1-2/h2-6,11,17-19H,7-10,12-16H2,1H3,(H,31,37)(H,30,32,38);1-2H3;1H2. The number of pyridine rings is 1. The second-order valence-electron chi connectivity index (χ2n) is 10.2. The molecule has 0 spiro atoms. The van der Waals surface area contributed by atoms with E-state index in [-0.39, 0.29) is 41.8 Å². The Labute approximate surface area is 249 Å². The Hall–Kier alpha value is -4.13. The molecule has 2 saturated heterocycles. The van der Waals surface area contributed by atoms with E-state index >= 15 is 0 Å². The van der Waals surface area contributed by atoms with Crippen LogP contribution in [0.2, 0.25) is 0 Å². The number of urea groups is 1. The number of amides is 2. The predicted octanol–water partition coefficient (Wildman–Crippen LogP) is 3.61. The fraction of sp³-hybridized carbons (Fsp3) is 0.500. The Kier molecular flexibility index (Phi) is 12.4. The van der Waals surface area contributed by atoms with Crippen LogP contribution < -0.4 is 11.0 Å². The van der Waals surface area contributed by atoms with Crippen molar-refractivity contribution in [1.82, 2.24) is 29.7 Å². The maximum atomic E-state index is 14.6. The summed E-state index contributed by atoms with van der Waals surface area (Å²) >= 11 is 0. The third-order valence-electron chi connectivity index (χ3n) is 7.76. The summed E-state index contributed by atoms with van der Waals surface area (Å²) < 4.78 is 35.0. The lowest BCUT2D eigenvalue weighted by Crippen LogP contribution is -2.51. The molecule has 2 N–H and O–H groups in total. The molecule has 2 amide bonds. The van der Waals surface area contributed by atoms with Gasteiger partial charge in [-0.2, -0.15) is 0 Å². The number of benzene rings is 1. The lowest BCUT2D eigenvalue weighted by molar-refractivity contribution is -0.142. The molecule has 13 heteroatoms. The van der Waals surface area contributed by atoms with Gasteiger partial charge < -0.3 is 19.7 Å². The number of hydrogen-bond donors (Lipinski definition) is 2. The largest absolute Gasteiger partial charge is 0.468 e. The number of imidazole rings is 1. The molecular weight excluding hydrogens is 562 g/mol. The quantitative estimate of drug-likeness (QED) is 0.427. The van der Waals surface area contributed by atoms with Crippen molar-refractivity contribution in [3.8, 4) is 0 Å². The number of rotatable bonds is 5. The number of H-pyrrole nitrogens is 1. The van der Waals surface area contributed by atoms with E-state index in [2.05, 4.69) is 15.3 Å². The summed E-state index contributed by atoms with van der Waals surface area (Å²) in [6, 6.07) is 7.22. The normalized spacial score (nSPS) is 19.3. The maximum absolute atomic E-state index is 14.6. The van der Waals surface area contributed by atoms with Gasteiger partial charge in [0, 0.05) is 44.5 Å². The number of carbonyl (C=O) groups is 3. The highest BCUT2D eigenvalue weighted by Crippen LogP contribution is 2.30. The van der Waals surface area contributed by atoms with Gasteiger partial charge in [0.15, 0.2) is 17.3 Å². The van der Waals surface area contributed by atoms with E-state index < -0.39 is 17.6 Å². The summed E-state index contributed by atoms with van der Waals surface area (Å²) in [5.41, 5.74) is 1.35. The monoisotopic (exact) mass is 602 g/mol. The minimum atomic E-state index is -0.907. The van der Waals surface area contributed by atoms with Gasteiger partial charge in [-0.3, -0.25) is 19.2 Å². The van der Waals surface area contributed by atoms with Crippen LogP contribution in [-0.4, -0.2) is 89.0 Å². The number of esters is 1. The number of likely N-dealkylation sites (tertiary alicyclic amines) is 2. The SMILES string of the molecule is C=O.CC.COC(=O)CN1CC(NC(=O)N2CCC(n3c(=O)[nH]c4ncccc43)CC2)CCC(c2cccc(F)c2F)C1. The molecule has 0 bridgehead atoms. The molecule has 234 valence electrons. The van der Waals surface area contributed by atoms with E-state index in [1.807, 2.05) is 31.6 Å².